The molecule has 0 aliphatic carbocycles. The number of hydrogen-bond donors (Lipinski definition) is 0. The number of likely N-dealkylation sites (tertiary alicyclic amines) is 2. The number of ether oxygens (including phenoxy) is 1. The third-order valence-corrected chi connectivity index (χ3v) is 6.56. The van der Waals surface area contributed by atoms with Crippen molar-refractivity contribution in [3.8, 4) is 0 Å². The third kappa shape index (κ3) is 3.31. The van der Waals surface area contributed by atoms with Crippen molar-refractivity contribution < 1.29 is 14.3 Å². The van der Waals surface area contributed by atoms with Crippen molar-refractivity contribution in [2.75, 3.05) is 19.8 Å². The molecule has 6 nitrogen and oxygen atoms in total. The summed E-state index contributed by atoms with van der Waals surface area (Å²) in [7, 11) is 0. The first-order valence-electron chi connectivity index (χ1n) is 9.22. The Morgan fingerprint density at radius 1 is 1.28 bits per heavy atom. The molecule has 3 aliphatic heterocycles. The number of aromatic nitrogens is 1. The van der Waals surface area contributed by atoms with Gasteiger partial charge in [-0.25, -0.2) is 4.98 Å². The standard InChI is InChI=1S/C18H25N3O3S/c1-12-19-14(11-25-12)10-21-16-4-7-20(15(16)2-3-17(21)22)18(23)13-5-8-24-9-6-13/h11,13,15-16H,2-10H2,1H3/t15-,16-/m1/s1. The average Bonchev–Trinajstić information content (AvgIpc) is 3.24. The van der Waals surface area contributed by atoms with Crippen LogP contribution in [0.4, 0.5) is 0 Å². The first kappa shape index (κ1) is 17.0. The summed E-state index contributed by atoms with van der Waals surface area (Å²) in [5.41, 5.74) is 0.964. The fourth-order valence-electron chi connectivity index (χ4n) is 4.46. The van der Waals surface area contributed by atoms with Gasteiger partial charge in [0.05, 0.1) is 29.3 Å². The van der Waals surface area contributed by atoms with Crippen LogP contribution >= 0.6 is 11.3 Å². The maximum atomic E-state index is 13.0. The predicted octanol–water partition coefficient (Wildman–Crippen LogP) is 1.97. The van der Waals surface area contributed by atoms with E-state index in [0.717, 1.165) is 42.9 Å². The number of nitrogens with zero attached hydrogens (tertiary/aromatic N) is 3. The largest absolute Gasteiger partial charge is 0.381 e. The van der Waals surface area contributed by atoms with Gasteiger partial charge in [-0.15, -0.1) is 11.3 Å². The van der Waals surface area contributed by atoms with Crippen molar-refractivity contribution in [3.63, 3.8) is 0 Å². The third-order valence-electron chi connectivity index (χ3n) is 5.74. The second kappa shape index (κ2) is 7.03. The Morgan fingerprint density at radius 2 is 2.08 bits per heavy atom. The Bertz CT molecular complexity index is 656. The Kier molecular flexibility index (Phi) is 4.78. The highest BCUT2D eigenvalue weighted by Gasteiger charge is 2.46. The summed E-state index contributed by atoms with van der Waals surface area (Å²) in [5.74, 6) is 0.571. The van der Waals surface area contributed by atoms with Crippen molar-refractivity contribution >= 4 is 23.2 Å². The first-order valence-corrected chi connectivity index (χ1v) is 10.1. The van der Waals surface area contributed by atoms with Gasteiger partial charge < -0.3 is 14.5 Å². The topological polar surface area (TPSA) is 62.7 Å². The number of carbonyl (C=O) groups is 2. The highest BCUT2D eigenvalue weighted by molar-refractivity contribution is 7.09. The molecule has 4 heterocycles. The maximum Gasteiger partial charge on any atom is 0.226 e. The number of thiazole rings is 1. The van der Waals surface area contributed by atoms with Crippen LogP contribution in [0.5, 0.6) is 0 Å². The Morgan fingerprint density at radius 3 is 2.80 bits per heavy atom. The smallest absolute Gasteiger partial charge is 0.226 e. The summed E-state index contributed by atoms with van der Waals surface area (Å²) in [6.07, 6.45) is 3.86. The monoisotopic (exact) mass is 363 g/mol. The van der Waals surface area contributed by atoms with Crippen LogP contribution in [0.25, 0.3) is 0 Å². The van der Waals surface area contributed by atoms with Gasteiger partial charge in [-0.2, -0.15) is 0 Å². The molecule has 136 valence electrons. The molecule has 7 heteroatoms. The van der Waals surface area contributed by atoms with Crippen molar-refractivity contribution in [1.29, 1.82) is 0 Å². The summed E-state index contributed by atoms with van der Waals surface area (Å²) < 4.78 is 5.39. The zero-order chi connectivity index (χ0) is 17.4. The van der Waals surface area contributed by atoms with E-state index in [9.17, 15) is 9.59 Å². The van der Waals surface area contributed by atoms with Crippen molar-refractivity contribution in [3.05, 3.63) is 16.1 Å². The summed E-state index contributed by atoms with van der Waals surface area (Å²) >= 11 is 1.62. The van der Waals surface area contributed by atoms with Gasteiger partial charge in [0.25, 0.3) is 0 Å². The maximum absolute atomic E-state index is 13.0. The summed E-state index contributed by atoms with van der Waals surface area (Å²) in [6, 6.07) is 0.319. The lowest BCUT2D eigenvalue weighted by atomic mass is 9.94. The second-order valence-electron chi connectivity index (χ2n) is 7.26. The van der Waals surface area contributed by atoms with E-state index in [0.29, 0.717) is 26.2 Å². The van der Waals surface area contributed by atoms with Gasteiger partial charge in [0.15, 0.2) is 0 Å². The fourth-order valence-corrected chi connectivity index (χ4v) is 5.07. The molecule has 0 saturated carbocycles. The zero-order valence-electron chi connectivity index (χ0n) is 14.6. The quantitative estimate of drug-likeness (QED) is 0.824. The fraction of sp³-hybridized carbons (Fsp3) is 0.722. The first-order chi connectivity index (χ1) is 12.1. The highest BCUT2D eigenvalue weighted by atomic mass is 32.1. The summed E-state index contributed by atoms with van der Waals surface area (Å²) in [6.45, 7) is 4.70. The van der Waals surface area contributed by atoms with Gasteiger partial charge >= 0.3 is 0 Å². The molecular formula is C18H25N3O3S. The van der Waals surface area contributed by atoms with E-state index in [4.69, 9.17) is 4.74 Å². The van der Waals surface area contributed by atoms with Crippen molar-refractivity contribution in [1.82, 2.24) is 14.8 Å². The Balaban J connectivity index is 1.47. The average molecular weight is 363 g/mol. The lowest BCUT2D eigenvalue weighted by Gasteiger charge is -2.40. The number of piperidine rings is 1. The number of rotatable bonds is 3. The van der Waals surface area contributed by atoms with E-state index < -0.39 is 0 Å². The Hall–Kier alpha value is -1.47. The molecule has 3 aliphatic rings. The lowest BCUT2D eigenvalue weighted by molar-refractivity contribution is -0.145. The van der Waals surface area contributed by atoms with Crippen LogP contribution in [-0.4, -0.2) is 58.4 Å². The summed E-state index contributed by atoms with van der Waals surface area (Å²) in [4.78, 5) is 34.0. The van der Waals surface area contributed by atoms with Gasteiger partial charge in [-0.1, -0.05) is 0 Å². The van der Waals surface area contributed by atoms with E-state index in [1.54, 1.807) is 11.3 Å². The molecule has 4 rings (SSSR count). The highest BCUT2D eigenvalue weighted by Crippen LogP contribution is 2.34. The molecule has 0 N–H and O–H groups in total. The SMILES string of the molecule is Cc1nc(CN2C(=O)CC[C@@H]3[C@H]2CCN3C(=O)C2CCOCC2)cs1. The van der Waals surface area contributed by atoms with Crippen LogP contribution in [0.15, 0.2) is 5.38 Å². The van der Waals surface area contributed by atoms with Gasteiger partial charge in [0.2, 0.25) is 11.8 Å². The minimum Gasteiger partial charge on any atom is -0.381 e. The van der Waals surface area contributed by atoms with Crippen molar-refractivity contribution in [2.24, 2.45) is 5.92 Å². The van der Waals surface area contributed by atoms with E-state index in [1.165, 1.54) is 0 Å². The minimum absolute atomic E-state index is 0.0970. The molecule has 0 radical (unpaired) electrons. The van der Waals surface area contributed by atoms with E-state index in [2.05, 4.69) is 9.88 Å². The molecule has 2 atom stereocenters. The molecule has 3 saturated heterocycles. The van der Waals surface area contributed by atoms with Crippen LogP contribution in [0, 0.1) is 12.8 Å². The van der Waals surface area contributed by atoms with E-state index >= 15 is 0 Å². The van der Waals surface area contributed by atoms with E-state index in [1.807, 2.05) is 17.2 Å². The van der Waals surface area contributed by atoms with Gasteiger partial charge in [0.1, 0.15) is 0 Å². The van der Waals surface area contributed by atoms with Crippen LogP contribution in [-0.2, 0) is 20.9 Å². The molecule has 1 aromatic heterocycles. The van der Waals surface area contributed by atoms with Gasteiger partial charge in [0, 0.05) is 37.5 Å². The van der Waals surface area contributed by atoms with Crippen molar-refractivity contribution in [2.45, 2.75) is 57.7 Å². The molecule has 1 aromatic rings. The van der Waals surface area contributed by atoms with Crippen LogP contribution in [0.2, 0.25) is 0 Å². The minimum atomic E-state index is 0.0970. The van der Waals surface area contributed by atoms with Crippen LogP contribution < -0.4 is 0 Å². The molecule has 0 unspecified atom stereocenters. The Labute approximate surface area is 152 Å². The number of fused-ring (bicyclic) bond motifs is 1. The molecule has 0 bridgehead atoms. The number of aryl methyl sites for hydroxylation is 1. The van der Waals surface area contributed by atoms with Gasteiger partial charge in [-0.3, -0.25) is 9.59 Å². The van der Waals surface area contributed by atoms with E-state index in [-0.39, 0.29) is 29.8 Å². The zero-order valence-corrected chi connectivity index (χ0v) is 15.5. The molecule has 0 spiro atoms. The lowest BCUT2D eigenvalue weighted by Crippen LogP contribution is -2.53. The van der Waals surface area contributed by atoms with Gasteiger partial charge in [-0.05, 0) is 32.6 Å². The molecular weight excluding hydrogens is 338 g/mol. The molecule has 2 amide bonds. The molecule has 25 heavy (non-hydrogen) atoms. The second-order valence-corrected chi connectivity index (χ2v) is 8.32. The summed E-state index contributed by atoms with van der Waals surface area (Å²) in [5, 5.41) is 3.06. The van der Waals surface area contributed by atoms with Crippen LogP contribution in [0.1, 0.15) is 42.8 Å². The molecule has 3 fully saturated rings. The molecule has 0 aromatic carbocycles. The van der Waals surface area contributed by atoms with Crippen LogP contribution in [0.3, 0.4) is 0 Å². The number of carbonyl (C=O) groups excluding carboxylic acids is 2. The predicted molar refractivity (Wildman–Crippen MR) is 94.1 cm³/mol. The normalized spacial score (nSPS) is 27.6. The number of hydrogen-bond acceptors (Lipinski definition) is 5. The number of amides is 2.